The van der Waals surface area contributed by atoms with Gasteiger partial charge in [-0.25, -0.2) is 17.5 Å². The minimum absolute atomic E-state index is 0.0168. The molecule has 0 saturated carbocycles. The van der Waals surface area contributed by atoms with Crippen molar-refractivity contribution in [3.05, 3.63) is 95.6 Å². The van der Waals surface area contributed by atoms with Gasteiger partial charge in [-0.05, 0) is 66.6 Å². The Morgan fingerprint density at radius 1 is 1.09 bits per heavy atom. The Kier molecular flexibility index (Phi) is 8.65. The fourth-order valence-electron chi connectivity index (χ4n) is 5.54. The van der Waals surface area contributed by atoms with Crippen LogP contribution in [0.1, 0.15) is 27.9 Å². The topological polar surface area (TPSA) is 141 Å². The normalized spacial score (nSPS) is 19.2. The first-order chi connectivity index (χ1) is 22.1. The van der Waals surface area contributed by atoms with E-state index in [2.05, 4.69) is 15.7 Å². The Morgan fingerprint density at radius 3 is 2.72 bits per heavy atom. The molecule has 2 N–H and O–H groups in total. The first-order valence-electron chi connectivity index (χ1n) is 14.6. The molecule has 1 saturated heterocycles. The molecule has 240 valence electrons. The lowest BCUT2D eigenvalue weighted by Crippen LogP contribution is -2.58. The van der Waals surface area contributed by atoms with Crippen LogP contribution in [0.4, 0.5) is 4.39 Å². The Hall–Kier alpha value is -4.95. The molecule has 2 atom stereocenters. The molecule has 14 heteroatoms. The molecule has 46 heavy (non-hydrogen) atoms. The van der Waals surface area contributed by atoms with Crippen molar-refractivity contribution in [2.45, 2.75) is 36.9 Å². The number of carbonyl (C=O) groups is 2. The summed E-state index contributed by atoms with van der Waals surface area (Å²) in [6, 6.07) is 14.6. The van der Waals surface area contributed by atoms with Gasteiger partial charge in [0.15, 0.2) is 18.1 Å². The van der Waals surface area contributed by atoms with Gasteiger partial charge in [0, 0.05) is 50.1 Å². The standard InChI is InChI=1S/C32H32FN5O7S/c1-20-4-6-24(38-10-3-9-35-38)16-30(20)46(41,42)37-11-8-27-26(18-37)36-31(39)19-44-29-14-22(5-7-28(29)43-2)32(40)34-17-21-12-23(33)15-25(13-21)45-27/h3-7,9-10,12-16,26-27H,8,11,17-19H2,1-2H3,(H,34,40)(H,36,39)/t26-,27+/m1/s1. The van der Waals surface area contributed by atoms with Crippen molar-refractivity contribution >= 4 is 21.8 Å². The maximum Gasteiger partial charge on any atom is 0.258 e. The number of carbonyl (C=O) groups excluding carboxylic acids is 2. The average molecular weight is 650 g/mol. The number of nitrogens with zero attached hydrogens (tertiary/aromatic N) is 3. The Bertz CT molecular complexity index is 1880. The van der Waals surface area contributed by atoms with E-state index in [0.29, 0.717) is 22.6 Å². The van der Waals surface area contributed by atoms with E-state index in [1.54, 1.807) is 66.5 Å². The van der Waals surface area contributed by atoms with Gasteiger partial charge in [-0.2, -0.15) is 9.40 Å². The summed E-state index contributed by atoms with van der Waals surface area (Å²) in [5.74, 6) is -0.907. The molecular weight excluding hydrogens is 617 g/mol. The van der Waals surface area contributed by atoms with Crippen molar-refractivity contribution in [2.24, 2.45) is 0 Å². The van der Waals surface area contributed by atoms with E-state index in [0.717, 1.165) is 0 Å². The van der Waals surface area contributed by atoms with Crippen LogP contribution >= 0.6 is 0 Å². The number of hydrogen-bond donors (Lipinski definition) is 2. The van der Waals surface area contributed by atoms with Gasteiger partial charge in [-0.15, -0.1) is 0 Å². The minimum atomic E-state index is -4.02. The fraction of sp³-hybridized carbons (Fsp3) is 0.281. The summed E-state index contributed by atoms with van der Waals surface area (Å²) >= 11 is 0. The van der Waals surface area contributed by atoms with E-state index in [9.17, 15) is 22.4 Å². The highest BCUT2D eigenvalue weighted by atomic mass is 32.2. The number of aromatic nitrogens is 2. The van der Waals surface area contributed by atoms with E-state index in [1.165, 1.54) is 29.6 Å². The lowest BCUT2D eigenvalue weighted by Gasteiger charge is -2.38. The van der Waals surface area contributed by atoms with Gasteiger partial charge in [-0.3, -0.25) is 9.59 Å². The summed E-state index contributed by atoms with van der Waals surface area (Å²) in [7, 11) is -2.59. The number of nitrogens with one attached hydrogen (secondary N) is 2. The van der Waals surface area contributed by atoms with Gasteiger partial charge >= 0.3 is 0 Å². The Labute approximate surface area is 265 Å². The number of rotatable bonds is 4. The number of halogens is 1. The summed E-state index contributed by atoms with van der Waals surface area (Å²) in [5, 5.41) is 9.81. The zero-order valence-corrected chi connectivity index (χ0v) is 25.9. The number of sulfonamides is 1. The third-order valence-corrected chi connectivity index (χ3v) is 9.88. The third-order valence-electron chi connectivity index (χ3n) is 7.87. The fourth-order valence-corrected chi connectivity index (χ4v) is 7.27. The molecular formula is C32H32FN5O7S. The number of ether oxygens (including phenoxy) is 3. The van der Waals surface area contributed by atoms with E-state index in [4.69, 9.17) is 14.2 Å². The van der Waals surface area contributed by atoms with Crippen LogP contribution in [0.15, 0.2) is 78.0 Å². The van der Waals surface area contributed by atoms with Crippen molar-refractivity contribution < 1.29 is 36.6 Å². The minimum Gasteiger partial charge on any atom is -0.493 e. The molecule has 2 aliphatic rings. The molecule has 1 fully saturated rings. The maximum atomic E-state index is 14.7. The molecule has 4 aromatic rings. The third kappa shape index (κ3) is 6.53. The number of hydrogen-bond acceptors (Lipinski definition) is 8. The maximum absolute atomic E-state index is 14.7. The number of fused-ring (bicyclic) bond motifs is 5. The Balaban J connectivity index is 1.31. The molecule has 0 spiro atoms. The predicted molar refractivity (Wildman–Crippen MR) is 164 cm³/mol. The van der Waals surface area contributed by atoms with Crippen LogP contribution in [0, 0.1) is 12.7 Å². The first-order valence-corrected chi connectivity index (χ1v) is 16.0. The zero-order valence-electron chi connectivity index (χ0n) is 25.1. The first kappa shape index (κ1) is 31.0. The smallest absolute Gasteiger partial charge is 0.258 e. The average Bonchev–Trinajstić information content (AvgIpc) is 3.58. The van der Waals surface area contributed by atoms with Crippen LogP contribution in [0.2, 0.25) is 0 Å². The van der Waals surface area contributed by atoms with Crippen molar-refractivity contribution in [3.8, 4) is 22.9 Å². The molecule has 2 aliphatic heterocycles. The van der Waals surface area contributed by atoms with E-state index in [1.807, 2.05) is 0 Å². The predicted octanol–water partition coefficient (Wildman–Crippen LogP) is 2.98. The van der Waals surface area contributed by atoms with Crippen LogP contribution in [-0.2, 0) is 21.4 Å². The molecule has 4 bridgehead atoms. The highest BCUT2D eigenvalue weighted by Gasteiger charge is 2.38. The second kappa shape index (κ2) is 12.8. The second-order valence-electron chi connectivity index (χ2n) is 11.0. The molecule has 0 aliphatic carbocycles. The number of amides is 2. The molecule has 0 unspecified atom stereocenters. The Morgan fingerprint density at radius 2 is 1.93 bits per heavy atom. The number of aryl methyl sites for hydroxylation is 1. The van der Waals surface area contributed by atoms with Crippen molar-refractivity contribution in [2.75, 3.05) is 26.8 Å². The number of piperidine rings is 1. The van der Waals surface area contributed by atoms with Gasteiger partial charge < -0.3 is 24.8 Å². The lowest BCUT2D eigenvalue weighted by molar-refractivity contribution is -0.125. The molecule has 2 amide bonds. The summed E-state index contributed by atoms with van der Waals surface area (Å²) in [6.45, 7) is 1.26. The van der Waals surface area contributed by atoms with Crippen LogP contribution in [-0.4, -0.2) is 73.3 Å². The molecule has 1 aromatic heterocycles. The molecule has 6 rings (SSSR count). The molecule has 0 radical (unpaired) electrons. The van der Waals surface area contributed by atoms with E-state index in [-0.39, 0.29) is 48.0 Å². The molecule has 3 aromatic carbocycles. The summed E-state index contributed by atoms with van der Waals surface area (Å²) in [4.78, 5) is 26.2. The highest BCUT2D eigenvalue weighted by Crippen LogP contribution is 2.30. The van der Waals surface area contributed by atoms with Gasteiger partial charge in [0.1, 0.15) is 17.7 Å². The molecule has 3 heterocycles. The second-order valence-corrected chi connectivity index (χ2v) is 12.9. The van der Waals surface area contributed by atoms with Crippen LogP contribution in [0.25, 0.3) is 5.69 Å². The highest BCUT2D eigenvalue weighted by molar-refractivity contribution is 7.89. The number of benzene rings is 3. The van der Waals surface area contributed by atoms with E-state index >= 15 is 0 Å². The van der Waals surface area contributed by atoms with Gasteiger partial charge in [0.05, 0.1) is 23.7 Å². The molecule has 12 nitrogen and oxygen atoms in total. The largest absolute Gasteiger partial charge is 0.493 e. The summed E-state index contributed by atoms with van der Waals surface area (Å²) < 4.78 is 62.9. The van der Waals surface area contributed by atoms with Gasteiger partial charge in [0.2, 0.25) is 10.0 Å². The SMILES string of the molecule is COc1ccc2cc1OCC(=O)N[C@@H]1CN(S(=O)(=O)c3cc(-n4cccn4)ccc3C)CC[C@@H]1Oc1cc(F)cc(c1)CNC2=O. The van der Waals surface area contributed by atoms with Crippen LogP contribution < -0.4 is 24.8 Å². The van der Waals surface area contributed by atoms with E-state index < -0.39 is 46.4 Å². The quantitative estimate of drug-likeness (QED) is 0.344. The van der Waals surface area contributed by atoms with Gasteiger partial charge in [0.25, 0.3) is 11.8 Å². The van der Waals surface area contributed by atoms with Crippen molar-refractivity contribution in [1.82, 2.24) is 24.7 Å². The van der Waals surface area contributed by atoms with Crippen molar-refractivity contribution in [3.63, 3.8) is 0 Å². The van der Waals surface area contributed by atoms with Crippen LogP contribution in [0.3, 0.4) is 0 Å². The van der Waals surface area contributed by atoms with Gasteiger partial charge in [-0.1, -0.05) is 6.07 Å². The summed E-state index contributed by atoms with van der Waals surface area (Å²) in [6.07, 6.45) is 2.81. The van der Waals surface area contributed by atoms with Crippen LogP contribution in [0.5, 0.6) is 17.2 Å². The number of methoxy groups -OCH3 is 1. The monoisotopic (exact) mass is 649 g/mol. The summed E-state index contributed by atoms with van der Waals surface area (Å²) in [5.41, 5.74) is 1.84. The zero-order chi connectivity index (χ0) is 32.4. The van der Waals surface area contributed by atoms with Crippen molar-refractivity contribution in [1.29, 1.82) is 0 Å². The lowest BCUT2D eigenvalue weighted by atomic mass is 10.0.